The van der Waals surface area contributed by atoms with E-state index in [1.807, 2.05) is 62.4 Å². The third kappa shape index (κ3) is 4.63. The molecule has 2 amide bonds. The summed E-state index contributed by atoms with van der Waals surface area (Å²) in [4.78, 5) is 26.8. The molecule has 2 N–H and O–H groups in total. The Morgan fingerprint density at radius 1 is 1.23 bits per heavy atom. The first-order chi connectivity index (χ1) is 14.5. The molecule has 1 aromatic heterocycles. The van der Waals surface area contributed by atoms with Crippen molar-refractivity contribution in [2.75, 3.05) is 21.3 Å². The summed E-state index contributed by atoms with van der Waals surface area (Å²) in [6, 6.07) is 15.2. The van der Waals surface area contributed by atoms with Crippen LogP contribution in [0.4, 0.5) is 22.2 Å². The van der Waals surface area contributed by atoms with Crippen LogP contribution in [0.1, 0.15) is 18.9 Å². The van der Waals surface area contributed by atoms with E-state index in [0.29, 0.717) is 15.2 Å². The number of aryl methyl sites for hydroxylation is 1. The van der Waals surface area contributed by atoms with Crippen molar-refractivity contribution >= 4 is 57.1 Å². The molecule has 0 aliphatic carbocycles. The highest BCUT2D eigenvalue weighted by Crippen LogP contribution is 2.33. The number of thioether (sulfide) groups is 1. The molecule has 154 valence electrons. The number of carbonyl (C=O) groups is 2. The van der Waals surface area contributed by atoms with Crippen molar-refractivity contribution in [3.05, 3.63) is 54.1 Å². The van der Waals surface area contributed by atoms with Crippen LogP contribution in [0.2, 0.25) is 0 Å². The molecule has 1 atom stereocenters. The molecule has 4 rings (SSSR count). The van der Waals surface area contributed by atoms with Crippen LogP contribution in [0.5, 0.6) is 0 Å². The molecule has 0 radical (unpaired) electrons. The van der Waals surface area contributed by atoms with Crippen LogP contribution in [0.3, 0.4) is 0 Å². The molecule has 0 fully saturated rings. The molecule has 0 saturated carbocycles. The van der Waals surface area contributed by atoms with E-state index < -0.39 is 0 Å². The van der Waals surface area contributed by atoms with Crippen LogP contribution in [-0.2, 0) is 9.59 Å². The Morgan fingerprint density at radius 3 is 2.80 bits per heavy atom. The zero-order valence-electron chi connectivity index (χ0n) is 16.6. The van der Waals surface area contributed by atoms with Gasteiger partial charge in [0.25, 0.3) is 0 Å². The Kier molecular flexibility index (Phi) is 6.01. The minimum Gasteiger partial charge on any atom is -0.330 e. The van der Waals surface area contributed by atoms with Gasteiger partial charge in [0.05, 0.1) is 17.1 Å². The van der Waals surface area contributed by atoms with Gasteiger partial charge in [0, 0.05) is 18.2 Å². The number of aromatic nitrogens is 2. The highest BCUT2D eigenvalue weighted by atomic mass is 32.2. The fraction of sp³-hybridized carbons (Fsp3) is 0.238. The number of hydrogen-bond donors (Lipinski definition) is 2. The first kappa shape index (κ1) is 20.4. The smallest absolute Gasteiger partial charge is 0.237 e. The summed E-state index contributed by atoms with van der Waals surface area (Å²) in [6.45, 7) is 3.93. The molecule has 2 heterocycles. The van der Waals surface area contributed by atoms with E-state index in [2.05, 4.69) is 20.8 Å². The molecule has 30 heavy (non-hydrogen) atoms. The maximum Gasteiger partial charge on any atom is 0.237 e. The standard InChI is InChI=1S/C21H21N5O2S2/c1-13-7-9-15(10-8-13)22-20-24-25-21(30-20)29-12-19(28)26-14(2)11-18(27)23-16-5-3-4-6-17(16)26/h3-10,14H,11-12H2,1-2H3,(H,22,24)(H,23,27)/t14-/m1/s1. The van der Waals surface area contributed by atoms with Crippen molar-refractivity contribution in [3.63, 3.8) is 0 Å². The number of amides is 2. The van der Waals surface area contributed by atoms with E-state index in [1.165, 1.54) is 28.7 Å². The summed E-state index contributed by atoms with van der Waals surface area (Å²) in [7, 11) is 0. The normalized spacial score (nSPS) is 15.9. The number of nitrogens with one attached hydrogen (secondary N) is 2. The molecule has 0 spiro atoms. The first-order valence-electron chi connectivity index (χ1n) is 9.50. The van der Waals surface area contributed by atoms with E-state index >= 15 is 0 Å². The van der Waals surface area contributed by atoms with Gasteiger partial charge in [-0.05, 0) is 38.1 Å². The number of rotatable bonds is 5. The second kappa shape index (κ2) is 8.85. The maximum atomic E-state index is 13.0. The molecule has 0 bridgehead atoms. The molecule has 3 aromatic rings. The molecule has 0 saturated heterocycles. The third-order valence-electron chi connectivity index (χ3n) is 4.66. The van der Waals surface area contributed by atoms with Gasteiger partial charge < -0.3 is 15.5 Å². The van der Waals surface area contributed by atoms with Crippen molar-refractivity contribution in [1.29, 1.82) is 0 Å². The van der Waals surface area contributed by atoms with E-state index in [-0.39, 0.29) is 30.0 Å². The first-order valence-corrected chi connectivity index (χ1v) is 11.3. The maximum absolute atomic E-state index is 13.0. The average molecular weight is 440 g/mol. The SMILES string of the molecule is Cc1ccc(Nc2nnc(SCC(=O)N3c4ccccc4NC(=O)C[C@H]3C)s2)cc1. The van der Waals surface area contributed by atoms with Gasteiger partial charge in [-0.15, -0.1) is 10.2 Å². The van der Waals surface area contributed by atoms with Gasteiger partial charge in [0.15, 0.2) is 4.34 Å². The van der Waals surface area contributed by atoms with E-state index in [1.54, 1.807) is 4.90 Å². The van der Waals surface area contributed by atoms with Crippen LogP contribution in [0.25, 0.3) is 0 Å². The predicted molar refractivity (Wildman–Crippen MR) is 122 cm³/mol. The largest absolute Gasteiger partial charge is 0.330 e. The second-order valence-electron chi connectivity index (χ2n) is 7.04. The lowest BCUT2D eigenvalue weighted by Crippen LogP contribution is -2.40. The van der Waals surface area contributed by atoms with Crippen molar-refractivity contribution in [3.8, 4) is 0 Å². The zero-order valence-corrected chi connectivity index (χ0v) is 18.2. The third-order valence-corrected chi connectivity index (χ3v) is 6.61. The average Bonchev–Trinajstić information content (AvgIpc) is 3.11. The van der Waals surface area contributed by atoms with Crippen LogP contribution >= 0.6 is 23.1 Å². The monoisotopic (exact) mass is 439 g/mol. The van der Waals surface area contributed by atoms with Gasteiger partial charge in [-0.3, -0.25) is 9.59 Å². The van der Waals surface area contributed by atoms with Crippen molar-refractivity contribution < 1.29 is 9.59 Å². The van der Waals surface area contributed by atoms with Crippen LogP contribution in [0.15, 0.2) is 52.9 Å². The summed E-state index contributed by atoms with van der Waals surface area (Å²) < 4.78 is 0.711. The summed E-state index contributed by atoms with van der Waals surface area (Å²) >= 11 is 2.75. The van der Waals surface area contributed by atoms with Crippen molar-refractivity contribution in [2.24, 2.45) is 0 Å². The predicted octanol–water partition coefficient (Wildman–Crippen LogP) is 4.45. The second-order valence-corrected chi connectivity index (χ2v) is 9.24. The number of fused-ring (bicyclic) bond motifs is 1. The van der Waals surface area contributed by atoms with Crippen LogP contribution in [-0.4, -0.2) is 33.8 Å². The highest BCUT2D eigenvalue weighted by molar-refractivity contribution is 8.01. The highest BCUT2D eigenvalue weighted by Gasteiger charge is 2.29. The Morgan fingerprint density at radius 2 is 2.00 bits per heavy atom. The summed E-state index contributed by atoms with van der Waals surface area (Å²) in [6.07, 6.45) is 0.258. The Labute approximate surface area is 182 Å². The lowest BCUT2D eigenvalue weighted by atomic mass is 10.2. The minimum absolute atomic E-state index is 0.0697. The summed E-state index contributed by atoms with van der Waals surface area (Å²) in [5, 5.41) is 15.1. The van der Waals surface area contributed by atoms with Gasteiger partial charge in [0.1, 0.15) is 0 Å². The van der Waals surface area contributed by atoms with Gasteiger partial charge >= 0.3 is 0 Å². The molecule has 2 aromatic carbocycles. The Hall–Kier alpha value is -2.91. The lowest BCUT2D eigenvalue weighted by molar-refractivity contribution is -0.117. The van der Waals surface area contributed by atoms with Gasteiger partial charge in [-0.25, -0.2) is 0 Å². The topological polar surface area (TPSA) is 87.2 Å². The van der Waals surface area contributed by atoms with Gasteiger partial charge in [0.2, 0.25) is 16.9 Å². The molecular formula is C21H21N5O2S2. The zero-order chi connectivity index (χ0) is 21.1. The number of nitrogens with zero attached hydrogens (tertiary/aromatic N) is 3. The number of carbonyl (C=O) groups excluding carboxylic acids is 2. The number of para-hydroxylation sites is 2. The van der Waals surface area contributed by atoms with Crippen LogP contribution < -0.4 is 15.5 Å². The number of anilines is 4. The molecule has 1 aliphatic heterocycles. The van der Waals surface area contributed by atoms with E-state index in [0.717, 1.165) is 11.4 Å². The Balaban J connectivity index is 1.43. The van der Waals surface area contributed by atoms with Gasteiger partial charge in [-0.2, -0.15) is 0 Å². The number of hydrogen-bond acceptors (Lipinski definition) is 7. The molecule has 7 nitrogen and oxygen atoms in total. The minimum atomic E-state index is -0.227. The number of benzene rings is 2. The van der Waals surface area contributed by atoms with Crippen LogP contribution in [0, 0.1) is 6.92 Å². The summed E-state index contributed by atoms with van der Waals surface area (Å²) in [5.74, 6) is 0.0556. The molecular weight excluding hydrogens is 418 g/mol. The molecule has 9 heteroatoms. The van der Waals surface area contributed by atoms with E-state index in [9.17, 15) is 9.59 Å². The fourth-order valence-electron chi connectivity index (χ4n) is 3.24. The fourth-order valence-corrected chi connectivity index (χ4v) is 4.87. The van der Waals surface area contributed by atoms with Crippen molar-refractivity contribution in [1.82, 2.24) is 10.2 Å². The molecule has 1 aliphatic rings. The summed E-state index contributed by atoms with van der Waals surface area (Å²) in [5.41, 5.74) is 3.51. The quantitative estimate of drug-likeness (QED) is 0.571. The van der Waals surface area contributed by atoms with Gasteiger partial charge in [-0.1, -0.05) is 52.9 Å². The lowest BCUT2D eigenvalue weighted by Gasteiger charge is -2.27. The molecule has 0 unspecified atom stereocenters. The van der Waals surface area contributed by atoms with E-state index in [4.69, 9.17) is 0 Å². The Bertz CT molecular complexity index is 1070. The van der Waals surface area contributed by atoms with Crippen molar-refractivity contribution in [2.45, 2.75) is 30.6 Å².